The lowest BCUT2D eigenvalue weighted by Gasteiger charge is -2.28. The van der Waals surface area contributed by atoms with Gasteiger partial charge in [-0.3, -0.25) is 4.79 Å². The molecule has 0 aromatic heterocycles. The number of hydrogen-bond donors (Lipinski definition) is 1. The van der Waals surface area contributed by atoms with Crippen molar-refractivity contribution in [2.75, 3.05) is 33.9 Å². The second-order valence-corrected chi connectivity index (χ2v) is 4.13. The Labute approximate surface area is 106 Å². The highest BCUT2D eigenvalue weighted by Gasteiger charge is 2.25. The maximum absolute atomic E-state index is 12.2. The number of methoxy groups -OCH3 is 2. The van der Waals surface area contributed by atoms with Crippen molar-refractivity contribution in [1.82, 2.24) is 4.90 Å². The van der Waals surface area contributed by atoms with Crippen LogP contribution in [0.4, 0.5) is 0 Å². The molecule has 2 rings (SSSR count). The molecule has 0 spiro atoms. The average Bonchev–Trinajstić information content (AvgIpc) is 2.41. The number of nitrogens with zero attached hydrogens (tertiary/aromatic N) is 1. The first kappa shape index (κ1) is 12.7. The van der Waals surface area contributed by atoms with Gasteiger partial charge in [-0.15, -0.1) is 0 Å². The summed E-state index contributed by atoms with van der Waals surface area (Å²) in [6, 6.07) is 3.56. The van der Waals surface area contributed by atoms with Gasteiger partial charge < -0.3 is 19.5 Å². The van der Waals surface area contributed by atoms with E-state index in [0.29, 0.717) is 30.2 Å². The molecule has 1 N–H and O–H groups in total. The summed E-state index contributed by atoms with van der Waals surface area (Å²) < 4.78 is 10.4. The number of rotatable bonds is 4. The SMILES string of the molecule is COc1cc2c(cc1OC)C(=O)N(CCO)CC2. The number of carbonyl (C=O) groups is 1. The van der Waals surface area contributed by atoms with E-state index in [1.807, 2.05) is 6.07 Å². The highest BCUT2D eigenvalue weighted by atomic mass is 16.5. The van der Waals surface area contributed by atoms with Gasteiger partial charge in [0.2, 0.25) is 0 Å². The zero-order valence-electron chi connectivity index (χ0n) is 10.6. The predicted molar refractivity (Wildman–Crippen MR) is 66.2 cm³/mol. The van der Waals surface area contributed by atoms with Crippen LogP contribution in [-0.4, -0.2) is 49.8 Å². The molecule has 18 heavy (non-hydrogen) atoms. The highest BCUT2D eigenvalue weighted by molar-refractivity contribution is 5.97. The van der Waals surface area contributed by atoms with Gasteiger partial charge in [0.15, 0.2) is 11.5 Å². The first-order chi connectivity index (χ1) is 8.71. The fourth-order valence-electron chi connectivity index (χ4n) is 2.19. The summed E-state index contributed by atoms with van der Waals surface area (Å²) in [4.78, 5) is 13.8. The third-order valence-electron chi connectivity index (χ3n) is 3.15. The molecule has 0 bridgehead atoms. The normalized spacial score (nSPS) is 14.4. The number of hydrogen-bond acceptors (Lipinski definition) is 4. The fraction of sp³-hybridized carbons (Fsp3) is 0.462. The van der Waals surface area contributed by atoms with E-state index in [1.165, 1.54) is 0 Å². The number of aliphatic hydroxyl groups excluding tert-OH is 1. The summed E-state index contributed by atoms with van der Waals surface area (Å²) >= 11 is 0. The summed E-state index contributed by atoms with van der Waals surface area (Å²) in [7, 11) is 3.12. The number of ether oxygens (including phenoxy) is 2. The van der Waals surface area contributed by atoms with Crippen molar-refractivity contribution in [2.24, 2.45) is 0 Å². The zero-order chi connectivity index (χ0) is 13.1. The van der Waals surface area contributed by atoms with Gasteiger partial charge in [0, 0.05) is 18.7 Å². The van der Waals surface area contributed by atoms with Crippen LogP contribution in [0.25, 0.3) is 0 Å². The molecule has 98 valence electrons. The van der Waals surface area contributed by atoms with Crippen LogP contribution in [0.15, 0.2) is 12.1 Å². The Bertz CT molecular complexity index is 459. The van der Waals surface area contributed by atoms with Crippen molar-refractivity contribution in [1.29, 1.82) is 0 Å². The first-order valence-corrected chi connectivity index (χ1v) is 5.86. The Balaban J connectivity index is 2.39. The summed E-state index contributed by atoms with van der Waals surface area (Å²) in [5.74, 6) is 1.13. The third-order valence-corrected chi connectivity index (χ3v) is 3.15. The van der Waals surface area contributed by atoms with Gasteiger partial charge >= 0.3 is 0 Å². The van der Waals surface area contributed by atoms with E-state index in [1.54, 1.807) is 25.2 Å². The number of β-amino-alcohol motifs (C(OH)–C–C–N with tert-alkyl or cyclic N) is 1. The minimum Gasteiger partial charge on any atom is -0.493 e. The molecular weight excluding hydrogens is 234 g/mol. The van der Waals surface area contributed by atoms with Crippen LogP contribution in [0, 0.1) is 0 Å². The largest absolute Gasteiger partial charge is 0.493 e. The van der Waals surface area contributed by atoms with E-state index in [4.69, 9.17) is 14.6 Å². The Hall–Kier alpha value is -1.75. The number of amides is 1. The number of benzene rings is 1. The van der Waals surface area contributed by atoms with E-state index >= 15 is 0 Å². The van der Waals surface area contributed by atoms with Gasteiger partial charge in [-0.25, -0.2) is 0 Å². The second kappa shape index (κ2) is 5.27. The zero-order valence-corrected chi connectivity index (χ0v) is 10.6. The van der Waals surface area contributed by atoms with E-state index in [0.717, 1.165) is 12.0 Å². The van der Waals surface area contributed by atoms with Gasteiger partial charge in [-0.2, -0.15) is 0 Å². The molecule has 1 heterocycles. The molecule has 0 aliphatic carbocycles. The molecule has 1 aliphatic rings. The molecule has 0 radical (unpaired) electrons. The fourth-order valence-corrected chi connectivity index (χ4v) is 2.19. The van der Waals surface area contributed by atoms with Crippen LogP contribution in [0.1, 0.15) is 15.9 Å². The van der Waals surface area contributed by atoms with Gasteiger partial charge in [0.1, 0.15) is 0 Å². The Morgan fingerprint density at radius 2 is 1.94 bits per heavy atom. The molecule has 1 amide bonds. The standard InChI is InChI=1S/C13H17NO4/c1-17-11-7-9-3-4-14(5-6-15)13(16)10(9)8-12(11)18-2/h7-8,15H,3-6H2,1-2H3. The number of aliphatic hydroxyl groups is 1. The molecule has 5 nitrogen and oxygen atoms in total. The summed E-state index contributed by atoms with van der Waals surface area (Å²) in [6.07, 6.45) is 0.765. The van der Waals surface area contributed by atoms with Crippen LogP contribution in [-0.2, 0) is 6.42 Å². The first-order valence-electron chi connectivity index (χ1n) is 5.86. The minimum absolute atomic E-state index is 0.0195. The molecule has 0 saturated carbocycles. The molecule has 1 aromatic rings. The van der Waals surface area contributed by atoms with Crippen LogP contribution in [0.3, 0.4) is 0 Å². The Morgan fingerprint density at radius 3 is 2.56 bits per heavy atom. The van der Waals surface area contributed by atoms with Crippen molar-refractivity contribution >= 4 is 5.91 Å². The van der Waals surface area contributed by atoms with Crippen molar-refractivity contribution in [3.63, 3.8) is 0 Å². The Morgan fingerprint density at radius 1 is 1.28 bits per heavy atom. The van der Waals surface area contributed by atoms with E-state index in [-0.39, 0.29) is 12.5 Å². The van der Waals surface area contributed by atoms with Crippen molar-refractivity contribution in [3.8, 4) is 11.5 Å². The second-order valence-electron chi connectivity index (χ2n) is 4.13. The lowest BCUT2D eigenvalue weighted by Crippen LogP contribution is -2.39. The lowest BCUT2D eigenvalue weighted by atomic mass is 9.98. The quantitative estimate of drug-likeness (QED) is 0.855. The maximum Gasteiger partial charge on any atom is 0.254 e. The third kappa shape index (κ3) is 2.13. The molecule has 1 aromatic carbocycles. The summed E-state index contributed by atoms with van der Waals surface area (Å²) in [6.45, 7) is 0.975. The van der Waals surface area contributed by atoms with Gasteiger partial charge in [-0.05, 0) is 24.1 Å². The summed E-state index contributed by atoms with van der Waals surface area (Å²) in [5.41, 5.74) is 1.60. The molecule has 0 saturated heterocycles. The highest BCUT2D eigenvalue weighted by Crippen LogP contribution is 2.33. The topological polar surface area (TPSA) is 59.0 Å². The number of fused-ring (bicyclic) bond motifs is 1. The molecular formula is C13H17NO4. The molecule has 0 unspecified atom stereocenters. The van der Waals surface area contributed by atoms with Crippen LogP contribution < -0.4 is 9.47 Å². The van der Waals surface area contributed by atoms with Crippen LogP contribution in [0.2, 0.25) is 0 Å². The van der Waals surface area contributed by atoms with Gasteiger partial charge in [0.05, 0.1) is 20.8 Å². The van der Waals surface area contributed by atoms with Gasteiger partial charge in [-0.1, -0.05) is 0 Å². The predicted octanol–water partition coefficient (Wildman–Crippen LogP) is 0.694. The van der Waals surface area contributed by atoms with Crippen molar-refractivity contribution in [3.05, 3.63) is 23.3 Å². The maximum atomic E-state index is 12.2. The number of carbonyl (C=O) groups excluding carboxylic acids is 1. The minimum atomic E-state index is -0.0637. The van der Waals surface area contributed by atoms with Crippen LogP contribution in [0.5, 0.6) is 11.5 Å². The molecule has 1 aliphatic heterocycles. The van der Waals surface area contributed by atoms with E-state index < -0.39 is 0 Å². The van der Waals surface area contributed by atoms with E-state index in [2.05, 4.69) is 0 Å². The Kier molecular flexibility index (Phi) is 3.72. The smallest absolute Gasteiger partial charge is 0.254 e. The monoisotopic (exact) mass is 251 g/mol. The molecule has 0 fully saturated rings. The lowest BCUT2D eigenvalue weighted by molar-refractivity contribution is 0.0705. The summed E-state index contributed by atoms with van der Waals surface area (Å²) in [5, 5.41) is 8.93. The van der Waals surface area contributed by atoms with E-state index in [9.17, 15) is 4.79 Å². The van der Waals surface area contributed by atoms with Crippen LogP contribution >= 0.6 is 0 Å². The van der Waals surface area contributed by atoms with Crippen molar-refractivity contribution in [2.45, 2.75) is 6.42 Å². The van der Waals surface area contributed by atoms with Gasteiger partial charge in [0.25, 0.3) is 5.91 Å². The molecule has 0 atom stereocenters. The molecule has 5 heteroatoms. The van der Waals surface area contributed by atoms with Crippen molar-refractivity contribution < 1.29 is 19.4 Å². The average molecular weight is 251 g/mol.